The lowest BCUT2D eigenvalue weighted by Crippen LogP contribution is -1.86. The zero-order valence-electron chi connectivity index (χ0n) is 9.15. The Morgan fingerprint density at radius 1 is 1.12 bits per heavy atom. The lowest BCUT2D eigenvalue weighted by Gasteiger charge is -1.97. The predicted octanol–water partition coefficient (Wildman–Crippen LogP) is 3.81. The highest BCUT2D eigenvalue weighted by Crippen LogP contribution is 2.19. The first kappa shape index (κ1) is 10.4. The summed E-state index contributed by atoms with van der Waals surface area (Å²) in [5, 5.41) is 1.73. The summed E-state index contributed by atoms with van der Waals surface area (Å²) in [6.45, 7) is 0. The molecule has 0 aliphatic heterocycles. The Hall–Kier alpha value is -1.80. The van der Waals surface area contributed by atoms with Gasteiger partial charge in [0.05, 0.1) is 5.02 Å². The lowest BCUT2D eigenvalue weighted by molar-refractivity contribution is 1.11. The molecular formula is C14H11ClN2. The molecule has 0 saturated heterocycles. The van der Waals surface area contributed by atoms with Gasteiger partial charge in [-0.25, -0.2) is 4.98 Å². The molecule has 1 aromatic carbocycles. The Balaban J connectivity index is 1.96. The van der Waals surface area contributed by atoms with Crippen molar-refractivity contribution in [1.82, 2.24) is 9.97 Å². The smallest absolute Gasteiger partial charge is 0.137 e. The summed E-state index contributed by atoms with van der Waals surface area (Å²) in [6.07, 6.45) is 2.54. The van der Waals surface area contributed by atoms with Crippen LogP contribution in [0.5, 0.6) is 0 Å². The van der Waals surface area contributed by atoms with Gasteiger partial charge in [-0.05, 0) is 17.7 Å². The summed E-state index contributed by atoms with van der Waals surface area (Å²) >= 11 is 5.91. The zero-order valence-corrected chi connectivity index (χ0v) is 9.91. The van der Waals surface area contributed by atoms with Crippen molar-refractivity contribution in [1.29, 1.82) is 0 Å². The lowest BCUT2D eigenvalue weighted by atomic mass is 10.1. The van der Waals surface area contributed by atoms with Crippen LogP contribution in [0.1, 0.15) is 11.3 Å². The van der Waals surface area contributed by atoms with Gasteiger partial charge in [0.15, 0.2) is 0 Å². The third-order valence-corrected chi connectivity index (χ3v) is 2.94. The topological polar surface area (TPSA) is 28.7 Å². The van der Waals surface area contributed by atoms with Crippen molar-refractivity contribution >= 4 is 22.6 Å². The summed E-state index contributed by atoms with van der Waals surface area (Å²) in [5.41, 5.74) is 3.33. The van der Waals surface area contributed by atoms with E-state index in [0.717, 1.165) is 23.1 Å². The average Bonchev–Trinajstić information content (AvgIpc) is 2.71. The van der Waals surface area contributed by atoms with Crippen molar-refractivity contribution in [3.8, 4) is 0 Å². The maximum absolute atomic E-state index is 5.91. The first-order valence-corrected chi connectivity index (χ1v) is 5.86. The van der Waals surface area contributed by atoms with Gasteiger partial charge in [0.1, 0.15) is 5.65 Å². The van der Waals surface area contributed by atoms with Crippen molar-refractivity contribution in [3.63, 3.8) is 0 Å². The molecule has 0 atom stereocenters. The summed E-state index contributed by atoms with van der Waals surface area (Å²) in [7, 11) is 0. The maximum Gasteiger partial charge on any atom is 0.137 e. The van der Waals surface area contributed by atoms with Crippen LogP contribution in [0.25, 0.3) is 11.0 Å². The number of hydrogen-bond acceptors (Lipinski definition) is 1. The van der Waals surface area contributed by atoms with E-state index in [1.807, 2.05) is 24.3 Å². The molecule has 0 spiro atoms. The van der Waals surface area contributed by atoms with E-state index in [4.69, 9.17) is 11.6 Å². The molecule has 0 aliphatic rings. The van der Waals surface area contributed by atoms with Crippen LogP contribution in [-0.2, 0) is 6.42 Å². The highest BCUT2D eigenvalue weighted by molar-refractivity contribution is 6.31. The number of pyridine rings is 1. The fourth-order valence-corrected chi connectivity index (χ4v) is 2.12. The van der Waals surface area contributed by atoms with E-state index in [0.29, 0.717) is 5.02 Å². The van der Waals surface area contributed by atoms with E-state index < -0.39 is 0 Å². The van der Waals surface area contributed by atoms with E-state index in [9.17, 15) is 0 Å². The Bertz CT molecular complexity index is 644. The highest BCUT2D eigenvalue weighted by Gasteiger charge is 2.03. The van der Waals surface area contributed by atoms with Gasteiger partial charge >= 0.3 is 0 Å². The SMILES string of the molecule is Clc1cnc2[nH]c(Cc3ccccc3)cc2c1. The molecule has 2 aromatic heterocycles. The Morgan fingerprint density at radius 3 is 2.76 bits per heavy atom. The molecule has 0 unspecified atom stereocenters. The number of H-pyrrole nitrogens is 1. The molecule has 3 aromatic rings. The number of hydrogen-bond donors (Lipinski definition) is 1. The largest absolute Gasteiger partial charge is 0.343 e. The molecule has 0 fully saturated rings. The number of benzene rings is 1. The van der Waals surface area contributed by atoms with E-state index in [-0.39, 0.29) is 0 Å². The average molecular weight is 243 g/mol. The molecule has 84 valence electrons. The molecule has 0 bridgehead atoms. The normalized spacial score (nSPS) is 10.9. The Labute approximate surface area is 104 Å². The minimum Gasteiger partial charge on any atom is -0.343 e. The van der Waals surface area contributed by atoms with Gasteiger partial charge in [0.2, 0.25) is 0 Å². The van der Waals surface area contributed by atoms with E-state index in [2.05, 4.69) is 28.2 Å². The van der Waals surface area contributed by atoms with Crippen LogP contribution in [0.4, 0.5) is 0 Å². The molecule has 3 rings (SSSR count). The van der Waals surface area contributed by atoms with Crippen molar-refractivity contribution in [2.24, 2.45) is 0 Å². The number of nitrogens with one attached hydrogen (secondary N) is 1. The number of nitrogens with zero attached hydrogens (tertiary/aromatic N) is 1. The molecule has 0 amide bonds. The molecule has 0 radical (unpaired) electrons. The Morgan fingerprint density at radius 2 is 1.94 bits per heavy atom. The minimum absolute atomic E-state index is 0.669. The van der Waals surface area contributed by atoms with Crippen molar-refractivity contribution < 1.29 is 0 Å². The summed E-state index contributed by atoms with van der Waals surface area (Å²) in [5.74, 6) is 0. The van der Waals surface area contributed by atoms with Gasteiger partial charge < -0.3 is 4.98 Å². The summed E-state index contributed by atoms with van der Waals surface area (Å²) in [4.78, 5) is 7.56. The summed E-state index contributed by atoms with van der Waals surface area (Å²) in [6, 6.07) is 14.4. The van der Waals surface area contributed by atoms with Gasteiger partial charge in [-0.1, -0.05) is 41.9 Å². The van der Waals surface area contributed by atoms with Gasteiger partial charge in [-0.3, -0.25) is 0 Å². The standard InChI is InChI=1S/C14H11ClN2/c15-12-7-11-8-13(17-14(11)16-9-12)6-10-4-2-1-3-5-10/h1-5,7-9H,6H2,(H,16,17). The quantitative estimate of drug-likeness (QED) is 0.727. The molecular weight excluding hydrogens is 232 g/mol. The fourth-order valence-electron chi connectivity index (χ4n) is 1.96. The van der Waals surface area contributed by atoms with Crippen LogP contribution >= 0.6 is 11.6 Å². The van der Waals surface area contributed by atoms with E-state index in [1.54, 1.807) is 6.20 Å². The van der Waals surface area contributed by atoms with Crippen molar-refractivity contribution in [2.45, 2.75) is 6.42 Å². The van der Waals surface area contributed by atoms with E-state index in [1.165, 1.54) is 5.56 Å². The number of fused-ring (bicyclic) bond motifs is 1. The van der Waals surface area contributed by atoms with Crippen LogP contribution in [0.3, 0.4) is 0 Å². The van der Waals surface area contributed by atoms with Crippen LogP contribution in [0.15, 0.2) is 48.7 Å². The third-order valence-electron chi connectivity index (χ3n) is 2.73. The first-order chi connectivity index (χ1) is 8.31. The second-order valence-corrected chi connectivity index (χ2v) is 4.48. The van der Waals surface area contributed by atoms with Gasteiger partial charge in [0.25, 0.3) is 0 Å². The van der Waals surface area contributed by atoms with Gasteiger partial charge in [-0.2, -0.15) is 0 Å². The molecule has 0 saturated carbocycles. The van der Waals surface area contributed by atoms with Crippen molar-refractivity contribution in [3.05, 3.63) is 64.9 Å². The van der Waals surface area contributed by atoms with Crippen LogP contribution in [0.2, 0.25) is 5.02 Å². The number of rotatable bonds is 2. The van der Waals surface area contributed by atoms with Gasteiger partial charge in [-0.15, -0.1) is 0 Å². The fraction of sp³-hybridized carbons (Fsp3) is 0.0714. The molecule has 2 heterocycles. The molecule has 17 heavy (non-hydrogen) atoms. The number of aromatic amines is 1. The zero-order chi connectivity index (χ0) is 11.7. The van der Waals surface area contributed by atoms with Crippen LogP contribution in [0, 0.1) is 0 Å². The minimum atomic E-state index is 0.669. The highest BCUT2D eigenvalue weighted by atomic mass is 35.5. The van der Waals surface area contributed by atoms with Gasteiger partial charge in [0, 0.05) is 23.7 Å². The molecule has 3 heteroatoms. The molecule has 2 nitrogen and oxygen atoms in total. The van der Waals surface area contributed by atoms with Crippen molar-refractivity contribution in [2.75, 3.05) is 0 Å². The molecule has 0 aliphatic carbocycles. The second kappa shape index (κ2) is 4.22. The second-order valence-electron chi connectivity index (χ2n) is 4.05. The number of halogens is 1. The Kier molecular flexibility index (Phi) is 2.57. The monoisotopic (exact) mass is 242 g/mol. The van der Waals surface area contributed by atoms with Crippen LogP contribution < -0.4 is 0 Å². The maximum atomic E-state index is 5.91. The molecule has 1 N–H and O–H groups in total. The predicted molar refractivity (Wildman–Crippen MR) is 70.4 cm³/mol. The summed E-state index contributed by atoms with van der Waals surface area (Å²) < 4.78 is 0. The first-order valence-electron chi connectivity index (χ1n) is 5.48. The van der Waals surface area contributed by atoms with E-state index >= 15 is 0 Å². The third kappa shape index (κ3) is 2.17. The van der Waals surface area contributed by atoms with Crippen LogP contribution in [-0.4, -0.2) is 9.97 Å². The number of aromatic nitrogens is 2.